The zero-order chi connectivity index (χ0) is 24.0. The van der Waals surface area contributed by atoms with Gasteiger partial charge in [0.05, 0.1) is 27.1 Å². The predicted octanol–water partition coefficient (Wildman–Crippen LogP) is 5.52. The van der Waals surface area contributed by atoms with Gasteiger partial charge in [-0.15, -0.1) is 11.8 Å². The summed E-state index contributed by atoms with van der Waals surface area (Å²) in [5, 5.41) is 21.2. The van der Waals surface area contributed by atoms with Crippen LogP contribution >= 0.6 is 11.8 Å². The smallest absolute Gasteiger partial charge is 0.200 e. The molecule has 6 N–H and O–H groups in total. The Hall–Kier alpha value is -2.67. The van der Waals surface area contributed by atoms with E-state index >= 15 is 0 Å². The van der Waals surface area contributed by atoms with E-state index in [0.717, 1.165) is 17.6 Å². The number of phenolic OH excluding ortho intramolecular Hbond substituents is 2. The van der Waals surface area contributed by atoms with Crippen LogP contribution in [0.4, 0.5) is 11.4 Å². The molecule has 3 aliphatic rings. The van der Waals surface area contributed by atoms with E-state index in [4.69, 9.17) is 11.5 Å². The first-order valence-corrected chi connectivity index (χ1v) is 13.3. The van der Waals surface area contributed by atoms with Crippen molar-refractivity contribution in [1.82, 2.24) is 0 Å². The summed E-state index contributed by atoms with van der Waals surface area (Å²) in [5.74, 6) is 1.44. The van der Waals surface area contributed by atoms with E-state index in [-0.39, 0.29) is 45.1 Å². The number of benzene rings is 2. The summed E-state index contributed by atoms with van der Waals surface area (Å²) in [6.07, 6.45) is 11.9. The third-order valence-electron chi connectivity index (χ3n) is 8.10. The Kier molecular flexibility index (Phi) is 6.23. The number of anilines is 2. The van der Waals surface area contributed by atoms with Crippen molar-refractivity contribution >= 4 is 34.7 Å². The van der Waals surface area contributed by atoms with Gasteiger partial charge in [-0.05, 0) is 61.6 Å². The number of aromatic hydroxyl groups is 2. The van der Waals surface area contributed by atoms with Crippen molar-refractivity contribution in [2.75, 3.05) is 17.2 Å². The second-order valence-corrected chi connectivity index (χ2v) is 11.2. The fraction of sp³-hybridized carbons (Fsp3) is 0.481. The Morgan fingerprint density at radius 2 is 1.38 bits per heavy atom. The molecule has 2 fully saturated rings. The van der Waals surface area contributed by atoms with Crippen LogP contribution in [0.1, 0.15) is 89.6 Å². The summed E-state index contributed by atoms with van der Waals surface area (Å²) < 4.78 is 0. The van der Waals surface area contributed by atoms with Gasteiger partial charge < -0.3 is 21.7 Å². The molecule has 0 aliphatic heterocycles. The minimum Gasteiger partial charge on any atom is -0.507 e. The number of carbonyl (C=O) groups is 2. The summed E-state index contributed by atoms with van der Waals surface area (Å²) in [6.45, 7) is 0. The first kappa shape index (κ1) is 23.1. The topological polar surface area (TPSA) is 127 Å². The van der Waals surface area contributed by atoms with Gasteiger partial charge in [-0.25, -0.2) is 0 Å². The zero-order valence-corrected chi connectivity index (χ0v) is 20.1. The molecule has 2 aromatic rings. The lowest BCUT2D eigenvalue weighted by Crippen LogP contribution is -2.25. The molecule has 0 spiro atoms. The van der Waals surface area contributed by atoms with Gasteiger partial charge in [0.1, 0.15) is 11.5 Å². The Labute approximate surface area is 204 Å². The van der Waals surface area contributed by atoms with Crippen molar-refractivity contribution < 1.29 is 19.8 Å². The minimum atomic E-state index is -0.597. The fourth-order valence-electron chi connectivity index (χ4n) is 6.22. The summed E-state index contributed by atoms with van der Waals surface area (Å²) in [4.78, 5) is 26.9. The highest BCUT2D eigenvalue weighted by atomic mass is 32.2. The number of thioether (sulfide) groups is 1. The molecule has 3 aliphatic carbocycles. The van der Waals surface area contributed by atoms with E-state index in [1.54, 1.807) is 6.07 Å². The molecule has 0 heterocycles. The van der Waals surface area contributed by atoms with Crippen LogP contribution in [0.15, 0.2) is 23.1 Å². The SMILES string of the molecule is Nc1ccc(O)c2c1C(=O)c1c(O)c(SCC3CCC(C4CCCCC4)CC3)cc(N)c1C2=O. The normalized spacial score (nSPS) is 22.9. The summed E-state index contributed by atoms with van der Waals surface area (Å²) in [7, 11) is 0. The largest absolute Gasteiger partial charge is 0.507 e. The molecule has 7 heteroatoms. The molecule has 0 unspecified atom stereocenters. The van der Waals surface area contributed by atoms with E-state index in [0.29, 0.717) is 10.8 Å². The molecule has 2 aromatic carbocycles. The number of nitrogen functional groups attached to an aromatic ring is 2. The van der Waals surface area contributed by atoms with Crippen molar-refractivity contribution in [2.24, 2.45) is 17.8 Å². The summed E-state index contributed by atoms with van der Waals surface area (Å²) in [5.41, 5.74) is 12.0. The van der Waals surface area contributed by atoms with Crippen molar-refractivity contribution in [1.29, 1.82) is 0 Å². The third kappa shape index (κ3) is 3.94. The van der Waals surface area contributed by atoms with Gasteiger partial charge >= 0.3 is 0 Å². The molecule has 6 nitrogen and oxygen atoms in total. The molecule has 5 rings (SSSR count). The molecular weight excluding hydrogens is 448 g/mol. The van der Waals surface area contributed by atoms with Crippen LogP contribution in [0.5, 0.6) is 11.5 Å². The molecular formula is C27H32N2O4S. The standard InChI is InChI=1S/C27H32N2O4S/c28-17-10-11-19(30)23-21(17)27(33)24-22(26(23)32)18(29)12-20(25(24)31)34-13-14-6-8-16(9-7-14)15-4-2-1-3-5-15/h10-12,14-16,30-31H,1-9,13,28-29H2. The second-order valence-electron chi connectivity index (χ2n) is 10.1. The van der Waals surface area contributed by atoms with Crippen LogP contribution in [0.25, 0.3) is 0 Å². The van der Waals surface area contributed by atoms with Gasteiger partial charge in [-0.3, -0.25) is 9.59 Å². The molecule has 0 bridgehead atoms. The first-order chi connectivity index (χ1) is 16.4. The average Bonchev–Trinajstić information content (AvgIpc) is 2.85. The maximum absolute atomic E-state index is 13.3. The molecule has 0 amide bonds. The lowest BCUT2D eigenvalue weighted by atomic mass is 9.71. The Bertz CT molecular complexity index is 1150. The van der Waals surface area contributed by atoms with E-state index in [1.165, 1.54) is 81.7 Å². The molecule has 2 saturated carbocycles. The number of rotatable bonds is 4. The third-order valence-corrected chi connectivity index (χ3v) is 9.36. The van der Waals surface area contributed by atoms with Crippen LogP contribution in [0.2, 0.25) is 0 Å². The molecule has 0 saturated heterocycles. The number of carbonyl (C=O) groups excluding carboxylic acids is 2. The van der Waals surface area contributed by atoms with Gasteiger partial charge in [-0.1, -0.05) is 32.1 Å². The van der Waals surface area contributed by atoms with Gasteiger partial charge in [0.25, 0.3) is 0 Å². The van der Waals surface area contributed by atoms with Gasteiger partial charge in [0.15, 0.2) is 0 Å². The van der Waals surface area contributed by atoms with E-state index in [2.05, 4.69) is 0 Å². The lowest BCUT2D eigenvalue weighted by molar-refractivity contribution is 0.0975. The maximum Gasteiger partial charge on any atom is 0.200 e. The molecule has 180 valence electrons. The Morgan fingerprint density at radius 3 is 2.09 bits per heavy atom. The van der Waals surface area contributed by atoms with Crippen molar-refractivity contribution in [3.8, 4) is 11.5 Å². The number of fused-ring (bicyclic) bond motifs is 2. The lowest BCUT2D eigenvalue weighted by Gasteiger charge is -2.35. The number of hydrogen-bond acceptors (Lipinski definition) is 7. The average molecular weight is 481 g/mol. The Morgan fingerprint density at radius 1 is 0.765 bits per heavy atom. The van der Waals surface area contributed by atoms with Crippen molar-refractivity contribution in [3.05, 3.63) is 40.5 Å². The van der Waals surface area contributed by atoms with Crippen LogP contribution < -0.4 is 11.5 Å². The monoisotopic (exact) mass is 480 g/mol. The van der Waals surface area contributed by atoms with Crippen molar-refractivity contribution in [2.45, 2.75) is 62.7 Å². The van der Waals surface area contributed by atoms with Crippen molar-refractivity contribution in [3.63, 3.8) is 0 Å². The Balaban J connectivity index is 1.33. The quantitative estimate of drug-likeness (QED) is 0.220. The van der Waals surface area contributed by atoms with E-state index in [9.17, 15) is 19.8 Å². The van der Waals surface area contributed by atoms with Gasteiger partial charge in [0, 0.05) is 17.1 Å². The highest BCUT2D eigenvalue weighted by molar-refractivity contribution is 7.99. The highest BCUT2D eigenvalue weighted by Crippen LogP contribution is 2.46. The summed E-state index contributed by atoms with van der Waals surface area (Å²) >= 11 is 1.50. The zero-order valence-electron chi connectivity index (χ0n) is 19.3. The van der Waals surface area contributed by atoms with E-state index in [1.807, 2.05) is 0 Å². The van der Waals surface area contributed by atoms with Crippen LogP contribution in [-0.4, -0.2) is 27.5 Å². The van der Waals surface area contributed by atoms with Gasteiger partial charge in [0.2, 0.25) is 11.6 Å². The molecule has 0 aromatic heterocycles. The predicted molar refractivity (Wildman–Crippen MR) is 135 cm³/mol. The maximum atomic E-state index is 13.3. The minimum absolute atomic E-state index is 0.0618. The highest BCUT2D eigenvalue weighted by Gasteiger charge is 2.38. The van der Waals surface area contributed by atoms with Crippen LogP contribution in [0, 0.1) is 17.8 Å². The molecule has 0 radical (unpaired) electrons. The van der Waals surface area contributed by atoms with Gasteiger partial charge in [-0.2, -0.15) is 0 Å². The number of nitrogens with two attached hydrogens (primary N) is 2. The molecule has 34 heavy (non-hydrogen) atoms. The van der Waals surface area contributed by atoms with E-state index < -0.39 is 11.6 Å². The van der Waals surface area contributed by atoms with Crippen LogP contribution in [0.3, 0.4) is 0 Å². The fourth-order valence-corrected chi connectivity index (χ4v) is 7.41. The number of hydrogen-bond donors (Lipinski definition) is 4. The molecule has 0 atom stereocenters. The summed E-state index contributed by atoms with van der Waals surface area (Å²) in [6, 6.07) is 4.24. The van der Waals surface area contributed by atoms with Crippen LogP contribution in [-0.2, 0) is 0 Å². The second kappa shape index (κ2) is 9.17. The first-order valence-electron chi connectivity index (χ1n) is 12.4. The number of ketones is 2. The number of phenols is 2.